The summed E-state index contributed by atoms with van der Waals surface area (Å²) in [5.41, 5.74) is 0. The highest BCUT2D eigenvalue weighted by Crippen LogP contribution is 2.03. The van der Waals surface area contributed by atoms with Gasteiger partial charge in [0.05, 0.1) is 7.11 Å². The lowest BCUT2D eigenvalue weighted by molar-refractivity contribution is -0.143. The van der Waals surface area contributed by atoms with E-state index in [4.69, 9.17) is 4.74 Å². The Morgan fingerprint density at radius 1 is 1.35 bits per heavy atom. The van der Waals surface area contributed by atoms with Crippen LogP contribution in [0.3, 0.4) is 0 Å². The molecule has 5 heteroatoms. The first-order valence-corrected chi connectivity index (χ1v) is 6.39. The molecule has 0 aromatic carbocycles. The van der Waals surface area contributed by atoms with Crippen LogP contribution in [0.15, 0.2) is 0 Å². The van der Waals surface area contributed by atoms with Crippen molar-refractivity contribution in [3.63, 3.8) is 0 Å². The van der Waals surface area contributed by atoms with E-state index in [1.807, 2.05) is 6.92 Å². The Labute approximate surface area is 104 Å². The van der Waals surface area contributed by atoms with Crippen molar-refractivity contribution >= 4 is 5.97 Å². The predicted molar refractivity (Wildman–Crippen MR) is 68.0 cm³/mol. The fourth-order valence-corrected chi connectivity index (χ4v) is 2.15. The Kier molecular flexibility index (Phi) is 6.47. The Morgan fingerprint density at radius 2 is 2.12 bits per heavy atom. The first-order chi connectivity index (χ1) is 8.17. The van der Waals surface area contributed by atoms with E-state index in [0.717, 1.165) is 45.7 Å². The normalized spacial score (nSPS) is 20.9. The van der Waals surface area contributed by atoms with E-state index >= 15 is 0 Å². The van der Waals surface area contributed by atoms with E-state index in [1.54, 1.807) is 0 Å². The standard InChI is InChI=1S/C12H25N3O2/c1-4-13-11(12(16)17-3)10-15-7-5-6-14(2)8-9-15/h11,13H,4-10H2,1-3H3. The molecule has 0 saturated carbocycles. The molecule has 0 bridgehead atoms. The second-order valence-electron chi connectivity index (χ2n) is 4.59. The van der Waals surface area contributed by atoms with Crippen LogP contribution in [0.1, 0.15) is 13.3 Å². The molecule has 0 aromatic rings. The van der Waals surface area contributed by atoms with Gasteiger partial charge in [-0.05, 0) is 33.1 Å². The second kappa shape index (κ2) is 7.63. The fourth-order valence-electron chi connectivity index (χ4n) is 2.15. The van der Waals surface area contributed by atoms with Crippen LogP contribution in [0.25, 0.3) is 0 Å². The third-order valence-electron chi connectivity index (χ3n) is 3.19. The van der Waals surface area contributed by atoms with Crippen molar-refractivity contribution in [2.24, 2.45) is 0 Å². The summed E-state index contributed by atoms with van der Waals surface area (Å²) in [5.74, 6) is -0.163. The summed E-state index contributed by atoms with van der Waals surface area (Å²) in [7, 11) is 3.59. The Bertz CT molecular complexity index is 236. The first kappa shape index (κ1) is 14.4. The third kappa shape index (κ3) is 5.02. The summed E-state index contributed by atoms with van der Waals surface area (Å²) in [6, 6.07) is -0.201. The van der Waals surface area contributed by atoms with Gasteiger partial charge in [-0.15, -0.1) is 0 Å². The van der Waals surface area contributed by atoms with Gasteiger partial charge in [-0.1, -0.05) is 6.92 Å². The van der Waals surface area contributed by atoms with E-state index < -0.39 is 0 Å². The number of nitrogens with one attached hydrogen (secondary N) is 1. The largest absolute Gasteiger partial charge is 0.468 e. The van der Waals surface area contributed by atoms with Crippen LogP contribution >= 0.6 is 0 Å². The van der Waals surface area contributed by atoms with Gasteiger partial charge in [0.1, 0.15) is 6.04 Å². The molecule has 1 N–H and O–H groups in total. The van der Waals surface area contributed by atoms with Crippen molar-refractivity contribution in [2.45, 2.75) is 19.4 Å². The number of nitrogens with zero attached hydrogens (tertiary/aromatic N) is 2. The highest BCUT2D eigenvalue weighted by atomic mass is 16.5. The number of carbonyl (C=O) groups excluding carboxylic acids is 1. The van der Waals surface area contributed by atoms with Crippen molar-refractivity contribution in [3.05, 3.63) is 0 Å². The Morgan fingerprint density at radius 3 is 2.76 bits per heavy atom. The van der Waals surface area contributed by atoms with Crippen LogP contribution in [0.5, 0.6) is 0 Å². The molecule has 1 aliphatic rings. The molecular weight excluding hydrogens is 218 g/mol. The summed E-state index contributed by atoms with van der Waals surface area (Å²) in [4.78, 5) is 16.3. The Balaban J connectivity index is 2.45. The van der Waals surface area contributed by atoms with E-state index in [1.165, 1.54) is 7.11 Å². The molecule has 100 valence electrons. The summed E-state index contributed by atoms with van der Waals surface area (Å²) >= 11 is 0. The molecule has 5 nitrogen and oxygen atoms in total. The number of esters is 1. The SMILES string of the molecule is CCNC(CN1CCCN(C)CC1)C(=O)OC. The van der Waals surface area contributed by atoms with Crippen molar-refractivity contribution in [1.29, 1.82) is 0 Å². The maximum atomic E-state index is 11.6. The minimum absolute atomic E-state index is 0.163. The zero-order valence-corrected chi connectivity index (χ0v) is 11.2. The van der Waals surface area contributed by atoms with Crippen LogP contribution in [-0.4, -0.2) is 75.2 Å². The summed E-state index contributed by atoms with van der Waals surface area (Å²) in [6.07, 6.45) is 1.16. The average molecular weight is 243 g/mol. The number of hydrogen-bond donors (Lipinski definition) is 1. The lowest BCUT2D eigenvalue weighted by Gasteiger charge is -2.25. The number of methoxy groups -OCH3 is 1. The molecule has 1 rings (SSSR count). The molecule has 1 atom stereocenters. The van der Waals surface area contributed by atoms with Gasteiger partial charge >= 0.3 is 5.97 Å². The fraction of sp³-hybridized carbons (Fsp3) is 0.917. The van der Waals surface area contributed by atoms with Crippen LogP contribution in [0.4, 0.5) is 0 Å². The van der Waals surface area contributed by atoms with Crippen LogP contribution in [0.2, 0.25) is 0 Å². The Hall–Kier alpha value is -0.650. The molecule has 0 aromatic heterocycles. The quantitative estimate of drug-likeness (QED) is 0.676. The maximum absolute atomic E-state index is 11.6. The highest BCUT2D eigenvalue weighted by Gasteiger charge is 2.22. The van der Waals surface area contributed by atoms with E-state index in [-0.39, 0.29) is 12.0 Å². The van der Waals surface area contributed by atoms with Gasteiger partial charge in [-0.3, -0.25) is 9.69 Å². The number of hydrogen-bond acceptors (Lipinski definition) is 5. The van der Waals surface area contributed by atoms with Crippen LogP contribution in [-0.2, 0) is 9.53 Å². The van der Waals surface area contributed by atoms with Gasteiger partial charge in [0.25, 0.3) is 0 Å². The lowest BCUT2D eigenvalue weighted by atomic mass is 10.2. The van der Waals surface area contributed by atoms with E-state index in [2.05, 4.69) is 22.2 Å². The second-order valence-corrected chi connectivity index (χ2v) is 4.59. The van der Waals surface area contributed by atoms with Crippen molar-refractivity contribution < 1.29 is 9.53 Å². The number of carbonyl (C=O) groups is 1. The molecule has 1 fully saturated rings. The molecule has 0 aliphatic carbocycles. The van der Waals surface area contributed by atoms with Gasteiger partial charge in [0, 0.05) is 19.6 Å². The van der Waals surface area contributed by atoms with Crippen LogP contribution in [0, 0.1) is 0 Å². The van der Waals surface area contributed by atoms with Gasteiger partial charge in [0.2, 0.25) is 0 Å². The maximum Gasteiger partial charge on any atom is 0.324 e. The van der Waals surface area contributed by atoms with E-state index in [9.17, 15) is 4.79 Å². The molecule has 0 amide bonds. The smallest absolute Gasteiger partial charge is 0.324 e. The molecule has 0 radical (unpaired) electrons. The predicted octanol–water partition coefficient (Wildman–Crippen LogP) is -0.225. The molecule has 1 heterocycles. The lowest BCUT2D eigenvalue weighted by Crippen LogP contribution is -2.47. The molecule has 1 unspecified atom stereocenters. The minimum Gasteiger partial charge on any atom is -0.468 e. The van der Waals surface area contributed by atoms with Gasteiger partial charge in [-0.2, -0.15) is 0 Å². The topological polar surface area (TPSA) is 44.8 Å². The van der Waals surface area contributed by atoms with Gasteiger partial charge < -0.3 is 15.0 Å². The minimum atomic E-state index is -0.201. The van der Waals surface area contributed by atoms with Crippen molar-refractivity contribution in [1.82, 2.24) is 15.1 Å². The van der Waals surface area contributed by atoms with E-state index in [0.29, 0.717) is 0 Å². The highest BCUT2D eigenvalue weighted by molar-refractivity contribution is 5.75. The monoisotopic (exact) mass is 243 g/mol. The number of ether oxygens (including phenoxy) is 1. The molecule has 0 spiro atoms. The molecule has 1 saturated heterocycles. The number of likely N-dealkylation sites (N-methyl/N-ethyl adjacent to an activating group) is 2. The van der Waals surface area contributed by atoms with Gasteiger partial charge in [0.15, 0.2) is 0 Å². The molecule has 1 aliphatic heterocycles. The number of rotatable bonds is 5. The summed E-state index contributed by atoms with van der Waals surface area (Å²) in [6.45, 7) is 7.83. The van der Waals surface area contributed by atoms with Crippen molar-refractivity contribution in [2.75, 3.05) is 53.4 Å². The molecule has 17 heavy (non-hydrogen) atoms. The molecular formula is C12H25N3O2. The summed E-state index contributed by atoms with van der Waals surface area (Å²) in [5, 5.41) is 3.18. The van der Waals surface area contributed by atoms with Crippen molar-refractivity contribution in [3.8, 4) is 0 Å². The van der Waals surface area contributed by atoms with Gasteiger partial charge in [-0.25, -0.2) is 0 Å². The first-order valence-electron chi connectivity index (χ1n) is 6.39. The van der Waals surface area contributed by atoms with Crippen LogP contribution < -0.4 is 5.32 Å². The average Bonchev–Trinajstić information content (AvgIpc) is 2.53. The zero-order chi connectivity index (χ0) is 12.7. The summed E-state index contributed by atoms with van der Waals surface area (Å²) < 4.78 is 4.82. The zero-order valence-electron chi connectivity index (χ0n) is 11.2. The third-order valence-corrected chi connectivity index (χ3v) is 3.19.